The summed E-state index contributed by atoms with van der Waals surface area (Å²) in [5, 5.41) is 6.41. The summed E-state index contributed by atoms with van der Waals surface area (Å²) in [5.74, 6) is -0.302. The number of aromatic nitrogens is 1. The van der Waals surface area contributed by atoms with Crippen LogP contribution >= 0.6 is 11.3 Å². The van der Waals surface area contributed by atoms with Crippen LogP contribution in [0.5, 0.6) is 5.75 Å². The molecule has 2 rings (SSSR count). The molecule has 2 aromatic rings. The zero-order valence-corrected chi connectivity index (χ0v) is 14.7. The minimum Gasteiger partial charge on any atom is -0.406 e. The van der Waals surface area contributed by atoms with Crippen molar-refractivity contribution < 1.29 is 22.7 Å². The minimum atomic E-state index is -4.72. The Morgan fingerprint density at radius 3 is 2.44 bits per heavy atom. The summed E-state index contributed by atoms with van der Waals surface area (Å²) in [4.78, 5) is 17.2. The molecule has 0 aliphatic carbocycles. The zero-order valence-electron chi connectivity index (χ0n) is 13.9. The van der Waals surface area contributed by atoms with Gasteiger partial charge in [-0.05, 0) is 38.5 Å². The van der Waals surface area contributed by atoms with Crippen molar-refractivity contribution in [1.29, 1.82) is 0 Å². The van der Waals surface area contributed by atoms with Crippen molar-refractivity contribution >= 4 is 17.4 Å². The Labute approximate surface area is 147 Å². The summed E-state index contributed by atoms with van der Waals surface area (Å²) in [7, 11) is 0. The molecule has 0 saturated carbocycles. The standard InChI is InChI=1S/C16H18F3N3O2S/c1-9(12-4-6-13(7-5-12)24-16(17,18)19)22-15(23)20-8-14-10(2)21-11(3)25-14/h4-7,9H,8H2,1-3H3,(H2,20,22,23)/t9-/m0/s1. The molecular formula is C16H18F3N3O2S. The summed E-state index contributed by atoms with van der Waals surface area (Å²) in [5.41, 5.74) is 1.55. The average Bonchev–Trinajstić information content (AvgIpc) is 2.82. The van der Waals surface area contributed by atoms with Crippen LogP contribution in [0.25, 0.3) is 0 Å². The number of ether oxygens (including phenoxy) is 1. The average molecular weight is 373 g/mol. The second kappa shape index (κ2) is 7.73. The van der Waals surface area contributed by atoms with Crippen LogP contribution < -0.4 is 15.4 Å². The van der Waals surface area contributed by atoms with E-state index in [9.17, 15) is 18.0 Å². The maximum Gasteiger partial charge on any atom is 0.573 e. The molecule has 5 nitrogen and oxygen atoms in total. The molecule has 1 aromatic carbocycles. The van der Waals surface area contributed by atoms with Gasteiger partial charge in [0.05, 0.1) is 23.3 Å². The molecule has 0 aliphatic rings. The number of nitrogens with zero attached hydrogens (tertiary/aromatic N) is 1. The lowest BCUT2D eigenvalue weighted by molar-refractivity contribution is -0.274. The second-order valence-electron chi connectivity index (χ2n) is 5.41. The van der Waals surface area contributed by atoms with Crippen LogP contribution in [0.4, 0.5) is 18.0 Å². The normalized spacial score (nSPS) is 12.6. The van der Waals surface area contributed by atoms with Gasteiger partial charge in [0.1, 0.15) is 5.75 Å². The van der Waals surface area contributed by atoms with Gasteiger partial charge in [-0.15, -0.1) is 24.5 Å². The molecule has 0 saturated heterocycles. The third kappa shape index (κ3) is 5.93. The lowest BCUT2D eigenvalue weighted by Crippen LogP contribution is -2.36. The SMILES string of the molecule is Cc1nc(C)c(CNC(=O)N[C@@H](C)c2ccc(OC(F)(F)F)cc2)s1. The van der Waals surface area contributed by atoms with Crippen molar-refractivity contribution in [2.45, 2.75) is 39.7 Å². The van der Waals surface area contributed by atoms with Gasteiger partial charge in [0, 0.05) is 4.88 Å². The van der Waals surface area contributed by atoms with Crippen LogP contribution in [0.15, 0.2) is 24.3 Å². The predicted octanol–water partition coefficient (Wildman–Crippen LogP) is 4.22. The van der Waals surface area contributed by atoms with Crippen LogP contribution in [0.1, 0.15) is 34.1 Å². The number of hydrogen-bond donors (Lipinski definition) is 2. The smallest absolute Gasteiger partial charge is 0.406 e. The van der Waals surface area contributed by atoms with Crippen molar-refractivity contribution in [3.8, 4) is 5.75 Å². The molecule has 0 unspecified atom stereocenters. The molecule has 2 N–H and O–H groups in total. The molecule has 1 atom stereocenters. The van der Waals surface area contributed by atoms with Gasteiger partial charge in [-0.2, -0.15) is 0 Å². The second-order valence-corrected chi connectivity index (χ2v) is 6.69. The number of halogens is 3. The lowest BCUT2D eigenvalue weighted by atomic mass is 10.1. The Hall–Kier alpha value is -2.29. The van der Waals surface area contributed by atoms with Gasteiger partial charge in [0.15, 0.2) is 0 Å². The Morgan fingerprint density at radius 1 is 1.28 bits per heavy atom. The number of aryl methyl sites for hydroxylation is 2. The summed E-state index contributed by atoms with van der Waals surface area (Å²) < 4.78 is 40.2. The number of rotatable bonds is 5. The Balaban J connectivity index is 1.87. The topological polar surface area (TPSA) is 63.2 Å². The van der Waals surface area contributed by atoms with Gasteiger partial charge >= 0.3 is 12.4 Å². The molecule has 9 heteroatoms. The van der Waals surface area contributed by atoms with E-state index in [0.29, 0.717) is 12.1 Å². The van der Waals surface area contributed by atoms with Crippen LogP contribution in [0.3, 0.4) is 0 Å². The van der Waals surface area contributed by atoms with Gasteiger partial charge in [-0.3, -0.25) is 0 Å². The van der Waals surface area contributed by atoms with E-state index < -0.39 is 6.36 Å². The van der Waals surface area contributed by atoms with E-state index in [2.05, 4.69) is 20.4 Å². The number of carbonyl (C=O) groups excluding carboxylic acids is 1. The first kappa shape index (κ1) is 19.0. The number of alkyl halides is 3. The monoisotopic (exact) mass is 373 g/mol. The fourth-order valence-electron chi connectivity index (χ4n) is 2.19. The summed E-state index contributed by atoms with van der Waals surface area (Å²) in [6.07, 6.45) is -4.72. The Morgan fingerprint density at radius 2 is 1.92 bits per heavy atom. The van der Waals surface area contributed by atoms with Gasteiger partial charge in [-0.1, -0.05) is 12.1 Å². The van der Waals surface area contributed by atoms with E-state index >= 15 is 0 Å². The molecule has 2 amide bonds. The molecule has 1 aromatic heterocycles. The molecule has 0 fully saturated rings. The number of carbonyl (C=O) groups is 1. The third-order valence-corrected chi connectivity index (χ3v) is 4.44. The van der Waals surface area contributed by atoms with E-state index in [0.717, 1.165) is 15.6 Å². The molecule has 0 aliphatic heterocycles. The minimum absolute atomic E-state index is 0.302. The Bertz CT molecular complexity index is 729. The van der Waals surface area contributed by atoms with Crippen LogP contribution in [0.2, 0.25) is 0 Å². The summed E-state index contributed by atoms with van der Waals surface area (Å²) in [6, 6.07) is 4.63. The van der Waals surface area contributed by atoms with Gasteiger partial charge in [-0.25, -0.2) is 9.78 Å². The molecule has 136 valence electrons. The number of nitrogens with one attached hydrogen (secondary N) is 2. The summed E-state index contributed by atoms with van der Waals surface area (Å²) >= 11 is 1.52. The number of urea groups is 1. The number of amides is 2. The number of benzene rings is 1. The highest BCUT2D eigenvalue weighted by Gasteiger charge is 2.31. The first-order valence-corrected chi connectivity index (χ1v) is 8.28. The van der Waals surface area contributed by atoms with Gasteiger partial charge in [0.25, 0.3) is 0 Å². The quantitative estimate of drug-likeness (QED) is 0.825. The van der Waals surface area contributed by atoms with Crippen LogP contribution in [0, 0.1) is 13.8 Å². The van der Waals surface area contributed by atoms with Crippen molar-refractivity contribution in [2.24, 2.45) is 0 Å². The van der Waals surface area contributed by atoms with Crippen molar-refractivity contribution in [1.82, 2.24) is 15.6 Å². The highest BCUT2D eigenvalue weighted by atomic mass is 32.1. The molecule has 0 spiro atoms. The van der Waals surface area contributed by atoms with Crippen molar-refractivity contribution in [3.63, 3.8) is 0 Å². The lowest BCUT2D eigenvalue weighted by Gasteiger charge is -2.16. The van der Waals surface area contributed by atoms with Gasteiger partial charge < -0.3 is 15.4 Å². The fourth-order valence-corrected chi connectivity index (χ4v) is 3.06. The molecule has 0 radical (unpaired) electrons. The first-order chi connectivity index (χ1) is 11.6. The van der Waals surface area contributed by atoms with E-state index in [4.69, 9.17) is 0 Å². The zero-order chi connectivity index (χ0) is 18.6. The number of hydrogen-bond acceptors (Lipinski definition) is 4. The van der Waals surface area contributed by atoms with Crippen LogP contribution in [-0.4, -0.2) is 17.4 Å². The highest BCUT2D eigenvalue weighted by Crippen LogP contribution is 2.24. The van der Waals surface area contributed by atoms with E-state index in [1.54, 1.807) is 6.92 Å². The van der Waals surface area contributed by atoms with E-state index in [1.165, 1.54) is 35.6 Å². The predicted molar refractivity (Wildman–Crippen MR) is 88.5 cm³/mol. The molecule has 1 heterocycles. The van der Waals surface area contributed by atoms with Crippen molar-refractivity contribution in [2.75, 3.05) is 0 Å². The third-order valence-electron chi connectivity index (χ3n) is 3.37. The maximum atomic E-state index is 12.1. The van der Waals surface area contributed by atoms with E-state index in [-0.39, 0.29) is 17.8 Å². The Kier molecular flexibility index (Phi) is 5.89. The largest absolute Gasteiger partial charge is 0.573 e. The van der Waals surface area contributed by atoms with Crippen molar-refractivity contribution in [3.05, 3.63) is 45.4 Å². The van der Waals surface area contributed by atoms with Crippen LogP contribution in [-0.2, 0) is 6.54 Å². The molecule has 0 bridgehead atoms. The first-order valence-electron chi connectivity index (χ1n) is 7.47. The van der Waals surface area contributed by atoms with Gasteiger partial charge in [0.2, 0.25) is 0 Å². The maximum absolute atomic E-state index is 12.1. The fraction of sp³-hybridized carbons (Fsp3) is 0.375. The number of thiazole rings is 1. The highest BCUT2D eigenvalue weighted by molar-refractivity contribution is 7.11. The van der Waals surface area contributed by atoms with E-state index in [1.807, 2.05) is 13.8 Å². The summed E-state index contributed by atoms with van der Waals surface area (Å²) in [6.45, 7) is 5.89. The molecule has 25 heavy (non-hydrogen) atoms. The molecular weight excluding hydrogens is 355 g/mol.